The van der Waals surface area contributed by atoms with E-state index in [4.69, 9.17) is 9.47 Å². The molecule has 140 valence electrons. The van der Waals surface area contributed by atoms with Crippen LogP contribution in [0.25, 0.3) is 11.3 Å². The molecule has 27 heavy (non-hydrogen) atoms. The van der Waals surface area contributed by atoms with E-state index in [1.165, 1.54) is 17.4 Å². The Hall–Kier alpha value is -3.20. The third kappa shape index (κ3) is 4.32. The second-order valence-corrected chi connectivity index (χ2v) is 6.48. The highest BCUT2D eigenvalue weighted by atomic mass is 32.1. The van der Waals surface area contributed by atoms with Gasteiger partial charge in [0.05, 0.1) is 25.6 Å². The summed E-state index contributed by atoms with van der Waals surface area (Å²) in [6.07, 6.45) is 0. The van der Waals surface area contributed by atoms with Crippen molar-refractivity contribution in [3.05, 3.63) is 51.8 Å². The maximum atomic E-state index is 12.2. The summed E-state index contributed by atoms with van der Waals surface area (Å²) in [5.74, 6) is 0.826. The van der Waals surface area contributed by atoms with Crippen LogP contribution < -0.4 is 20.3 Å². The molecular formula is C18H18N4O4S. The summed E-state index contributed by atoms with van der Waals surface area (Å²) < 4.78 is 11.7. The molecule has 0 spiro atoms. The molecule has 3 rings (SSSR count). The number of hydrogen-bond acceptors (Lipinski definition) is 7. The summed E-state index contributed by atoms with van der Waals surface area (Å²) in [6.45, 7) is 1.61. The smallest absolute Gasteiger partial charge is 0.267 e. The number of anilines is 1. The van der Waals surface area contributed by atoms with Gasteiger partial charge in [0.2, 0.25) is 5.91 Å². The van der Waals surface area contributed by atoms with E-state index in [0.29, 0.717) is 27.9 Å². The van der Waals surface area contributed by atoms with E-state index < -0.39 is 0 Å². The number of aryl methyl sites for hydroxylation is 1. The summed E-state index contributed by atoms with van der Waals surface area (Å²) in [4.78, 5) is 28.5. The van der Waals surface area contributed by atoms with E-state index in [0.717, 1.165) is 10.4 Å². The molecule has 0 aliphatic rings. The number of ether oxygens (including phenoxy) is 2. The number of nitrogens with zero attached hydrogens (tertiary/aromatic N) is 3. The molecule has 2 aromatic heterocycles. The Kier molecular flexibility index (Phi) is 5.51. The molecule has 1 aromatic carbocycles. The maximum absolute atomic E-state index is 12.2. The molecule has 0 aliphatic carbocycles. The SMILES string of the molecule is COc1ccc(OC)c(-c2ccc(=O)n(CC(=O)Nc3nc(C)cs3)n2)c1. The van der Waals surface area contributed by atoms with Gasteiger partial charge in [0.25, 0.3) is 5.56 Å². The fourth-order valence-corrected chi connectivity index (χ4v) is 3.13. The van der Waals surface area contributed by atoms with Gasteiger partial charge in [-0.3, -0.25) is 9.59 Å². The number of amides is 1. The van der Waals surface area contributed by atoms with Crippen molar-refractivity contribution in [2.75, 3.05) is 19.5 Å². The van der Waals surface area contributed by atoms with E-state index >= 15 is 0 Å². The van der Waals surface area contributed by atoms with Gasteiger partial charge in [-0.05, 0) is 31.2 Å². The van der Waals surface area contributed by atoms with Gasteiger partial charge in [-0.25, -0.2) is 9.67 Å². The Morgan fingerprint density at radius 3 is 2.70 bits per heavy atom. The van der Waals surface area contributed by atoms with E-state index in [1.54, 1.807) is 38.5 Å². The standard InChI is InChI=1S/C18H18N4O4S/c1-11-10-27-18(19-11)20-16(23)9-22-17(24)7-5-14(21-22)13-8-12(25-2)4-6-15(13)26-3/h4-8,10H,9H2,1-3H3,(H,19,20,23). The first kappa shape index (κ1) is 18.6. The molecule has 0 bridgehead atoms. The number of carbonyl (C=O) groups is 1. The predicted molar refractivity (Wildman–Crippen MR) is 103 cm³/mol. The van der Waals surface area contributed by atoms with E-state index in [1.807, 2.05) is 12.3 Å². The van der Waals surface area contributed by atoms with Gasteiger partial charge in [0.15, 0.2) is 5.13 Å². The van der Waals surface area contributed by atoms with E-state index in [-0.39, 0.29) is 18.0 Å². The topological polar surface area (TPSA) is 95.3 Å². The minimum atomic E-state index is -0.383. The number of aromatic nitrogens is 3. The Bertz CT molecular complexity index is 1030. The van der Waals surface area contributed by atoms with Gasteiger partial charge in [-0.2, -0.15) is 5.10 Å². The van der Waals surface area contributed by atoms with Gasteiger partial charge in [0, 0.05) is 17.0 Å². The second-order valence-electron chi connectivity index (χ2n) is 5.62. The lowest BCUT2D eigenvalue weighted by Crippen LogP contribution is -2.29. The van der Waals surface area contributed by atoms with Gasteiger partial charge in [-0.1, -0.05) is 0 Å². The Morgan fingerprint density at radius 1 is 1.22 bits per heavy atom. The summed E-state index contributed by atoms with van der Waals surface area (Å²) >= 11 is 1.32. The van der Waals surface area contributed by atoms with E-state index in [2.05, 4.69) is 15.4 Å². The number of benzene rings is 1. The highest BCUT2D eigenvalue weighted by Gasteiger charge is 2.13. The second kappa shape index (κ2) is 8.00. The molecule has 0 radical (unpaired) electrons. The quantitative estimate of drug-likeness (QED) is 0.699. The normalized spacial score (nSPS) is 10.5. The van der Waals surface area contributed by atoms with Crippen molar-refractivity contribution in [2.45, 2.75) is 13.5 Å². The molecule has 0 fully saturated rings. The monoisotopic (exact) mass is 386 g/mol. The average molecular weight is 386 g/mol. The molecule has 0 saturated carbocycles. The molecule has 0 unspecified atom stereocenters. The average Bonchev–Trinajstić information content (AvgIpc) is 3.07. The molecule has 0 atom stereocenters. The number of hydrogen-bond donors (Lipinski definition) is 1. The first-order valence-corrected chi connectivity index (χ1v) is 8.90. The molecule has 2 heterocycles. The first-order valence-electron chi connectivity index (χ1n) is 8.02. The summed E-state index contributed by atoms with van der Waals surface area (Å²) in [5, 5.41) is 9.28. The van der Waals surface area contributed by atoms with Crippen LogP contribution in [0, 0.1) is 6.92 Å². The maximum Gasteiger partial charge on any atom is 0.267 e. The van der Waals surface area contributed by atoms with Crippen LogP contribution in [0.5, 0.6) is 11.5 Å². The van der Waals surface area contributed by atoms with Gasteiger partial charge in [-0.15, -0.1) is 11.3 Å². The minimum Gasteiger partial charge on any atom is -0.497 e. The Labute approximate surface area is 159 Å². The van der Waals surface area contributed by atoms with Crippen LogP contribution >= 0.6 is 11.3 Å². The largest absolute Gasteiger partial charge is 0.497 e. The van der Waals surface area contributed by atoms with Crippen molar-refractivity contribution in [1.82, 2.24) is 14.8 Å². The highest BCUT2D eigenvalue weighted by molar-refractivity contribution is 7.13. The van der Waals surface area contributed by atoms with Crippen LogP contribution in [0.4, 0.5) is 5.13 Å². The molecular weight excluding hydrogens is 368 g/mol. The first-order chi connectivity index (χ1) is 13.0. The highest BCUT2D eigenvalue weighted by Crippen LogP contribution is 2.31. The zero-order valence-corrected chi connectivity index (χ0v) is 15.9. The fourth-order valence-electron chi connectivity index (χ4n) is 2.43. The Morgan fingerprint density at radius 2 is 2.04 bits per heavy atom. The summed E-state index contributed by atoms with van der Waals surface area (Å²) in [5.41, 5.74) is 1.58. The molecule has 1 N–H and O–H groups in total. The van der Waals surface area contributed by atoms with Crippen LogP contribution in [0.15, 0.2) is 40.5 Å². The third-order valence-corrected chi connectivity index (χ3v) is 4.58. The van der Waals surface area contributed by atoms with Crippen molar-refractivity contribution in [3.63, 3.8) is 0 Å². The minimum absolute atomic E-state index is 0.225. The number of methoxy groups -OCH3 is 2. The van der Waals surface area contributed by atoms with Crippen molar-refractivity contribution < 1.29 is 14.3 Å². The van der Waals surface area contributed by atoms with Crippen molar-refractivity contribution >= 4 is 22.4 Å². The van der Waals surface area contributed by atoms with Crippen LogP contribution in [0.1, 0.15) is 5.69 Å². The van der Waals surface area contributed by atoms with Gasteiger partial charge in [0.1, 0.15) is 18.0 Å². The molecule has 0 saturated heterocycles. The Balaban J connectivity index is 1.88. The van der Waals surface area contributed by atoms with E-state index in [9.17, 15) is 9.59 Å². The fraction of sp³-hybridized carbons (Fsp3) is 0.222. The third-order valence-electron chi connectivity index (χ3n) is 3.71. The molecule has 8 nitrogen and oxygen atoms in total. The molecule has 3 aromatic rings. The molecule has 1 amide bonds. The van der Waals surface area contributed by atoms with Crippen LogP contribution in [0.2, 0.25) is 0 Å². The lowest BCUT2D eigenvalue weighted by molar-refractivity contribution is -0.117. The predicted octanol–water partition coefficient (Wildman–Crippen LogP) is 2.33. The molecule has 0 aliphatic heterocycles. The van der Waals surface area contributed by atoms with Crippen LogP contribution in [-0.4, -0.2) is 34.9 Å². The van der Waals surface area contributed by atoms with Crippen LogP contribution in [-0.2, 0) is 11.3 Å². The lowest BCUT2D eigenvalue weighted by Gasteiger charge is -2.11. The summed E-state index contributed by atoms with van der Waals surface area (Å²) in [7, 11) is 3.11. The number of nitrogens with one attached hydrogen (secondary N) is 1. The zero-order chi connectivity index (χ0) is 19.4. The van der Waals surface area contributed by atoms with Gasteiger partial charge < -0.3 is 14.8 Å². The van der Waals surface area contributed by atoms with Crippen LogP contribution in [0.3, 0.4) is 0 Å². The van der Waals surface area contributed by atoms with Crippen molar-refractivity contribution in [1.29, 1.82) is 0 Å². The van der Waals surface area contributed by atoms with Crippen molar-refractivity contribution in [3.8, 4) is 22.8 Å². The summed E-state index contributed by atoms with van der Waals surface area (Å²) in [6, 6.07) is 8.22. The zero-order valence-electron chi connectivity index (χ0n) is 15.1. The van der Waals surface area contributed by atoms with Gasteiger partial charge >= 0.3 is 0 Å². The lowest BCUT2D eigenvalue weighted by atomic mass is 10.1. The molecule has 9 heteroatoms. The number of carbonyl (C=O) groups excluding carboxylic acids is 1. The number of thiazole rings is 1. The van der Waals surface area contributed by atoms with Crippen molar-refractivity contribution in [2.24, 2.45) is 0 Å². The number of rotatable bonds is 6.